The number of piperidine rings is 1. The van der Waals surface area contributed by atoms with E-state index in [4.69, 9.17) is 4.98 Å². The molecule has 1 aromatic rings. The fourth-order valence-electron chi connectivity index (χ4n) is 3.36. The van der Waals surface area contributed by atoms with E-state index in [9.17, 15) is 5.11 Å². The molecule has 0 spiro atoms. The zero-order valence-corrected chi connectivity index (χ0v) is 12.0. The first-order chi connectivity index (χ1) is 9.13. The van der Waals surface area contributed by atoms with Gasteiger partial charge in [0.25, 0.3) is 0 Å². The average Bonchev–Trinajstić information content (AvgIpc) is 2.81. The van der Waals surface area contributed by atoms with Gasteiger partial charge in [0, 0.05) is 37.7 Å². The summed E-state index contributed by atoms with van der Waals surface area (Å²) in [4.78, 5) is 7.38. The molecule has 0 aromatic carbocycles. The van der Waals surface area contributed by atoms with E-state index in [1.54, 1.807) is 0 Å². The van der Waals surface area contributed by atoms with Crippen LogP contribution in [0.5, 0.6) is 0 Å². The first kappa shape index (κ1) is 13.1. The van der Waals surface area contributed by atoms with Crippen LogP contribution < -0.4 is 0 Å². The normalized spacial score (nSPS) is 28.6. The highest BCUT2D eigenvalue weighted by Crippen LogP contribution is 2.28. The minimum Gasteiger partial charge on any atom is -0.391 e. The van der Waals surface area contributed by atoms with Gasteiger partial charge < -0.3 is 14.6 Å². The number of nitrogens with zero attached hydrogens (tertiary/aromatic N) is 3. The first-order valence-electron chi connectivity index (χ1n) is 7.61. The highest BCUT2D eigenvalue weighted by atomic mass is 16.3. The molecule has 3 rings (SSSR count). The molecule has 1 N–H and O–H groups in total. The van der Waals surface area contributed by atoms with E-state index in [0.29, 0.717) is 12.0 Å². The zero-order valence-electron chi connectivity index (χ0n) is 12.0. The molecule has 2 aliphatic heterocycles. The minimum atomic E-state index is -0.187. The lowest BCUT2D eigenvalue weighted by Gasteiger charge is -2.34. The maximum atomic E-state index is 9.73. The van der Waals surface area contributed by atoms with Gasteiger partial charge in [0.1, 0.15) is 5.82 Å². The van der Waals surface area contributed by atoms with E-state index in [-0.39, 0.29) is 6.10 Å². The Bertz CT molecular complexity index is 441. The molecule has 2 atom stereocenters. The maximum Gasteiger partial charge on any atom is 0.109 e. The predicted molar refractivity (Wildman–Crippen MR) is 75.2 cm³/mol. The van der Waals surface area contributed by atoms with Gasteiger partial charge in [-0.15, -0.1) is 0 Å². The number of fused-ring (bicyclic) bond motifs is 1. The second-order valence-electron chi connectivity index (χ2n) is 6.35. The summed E-state index contributed by atoms with van der Waals surface area (Å²) in [6, 6.07) is 0.627. The van der Waals surface area contributed by atoms with Crippen LogP contribution in [0.15, 0.2) is 6.20 Å². The van der Waals surface area contributed by atoms with Crippen LogP contribution in [-0.2, 0) is 13.0 Å². The van der Waals surface area contributed by atoms with Gasteiger partial charge >= 0.3 is 0 Å². The third-order valence-corrected chi connectivity index (χ3v) is 4.59. The second kappa shape index (κ2) is 5.25. The highest BCUT2D eigenvalue weighted by Gasteiger charge is 2.26. The van der Waals surface area contributed by atoms with Gasteiger partial charge in [-0.25, -0.2) is 4.98 Å². The Hall–Kier alpha value is -0.870. The van der Waals surface area contributed by atoms with E-state index in [1.165, 1.54) is 30.9 Å². The summed E-state index contributed by atoms with van der Waals surface area (Å²) < 4.78 is 2.16. The Balaban J connectivity index is 1.75. The van der Waals surface area contributed by atoms with E-state index in [1.807, 2.05) is 0 Å². The zero-order chi connectivity index (χ0) is 13.4. The van der Waals surface area contributed by atoms with Crippen molar-refractivity contribution in [1.29, 1.82) is 0 Å². The first-order valence-corrected chi connectivity index (χ1v) is 7.61. The minimum absolute atomic E-state index is 0.187. The lowest BCUT2D eigenvalue weighted by molar-refractivity contribution is 0.130. The van der Waals surface area contributed by atoms with Crippen LogP contribution in [0.2, 0.25) is 0 Å². The SMILES string of the molecule is CC(C)N1CCCC(c2cn3c(n2)CCC(O)C3)C1. The van der Waals surface area contributed by atoms with Crippen LogP contribution in [-0.4, -0.2) is 44.8 Å². The number of aliphatic hydroxyl groups excluding tert-OH is 1. The maximum absolute atomic E-state index is 9.73. The molecule has 1 aromatic heterocycles. The molecule has 106 valence electrons. The predicted octanol–water partition coefficient (Wildman–Crippen LogP) is 1.78. The van der Waals surface area contributed by atoms with Crippen molar-refractivity contribution in [3.05, 3.63) is 17.7 Å². The van der Waals surface area contributed by atoms with Crippen LogP contribution in [0.3, 0.4) is 0 Å². The summed E-state index contributed by atoms with van der Waals surface area (Å²) in [5, 5.41) is 9.73. The van der Waals surface area contributed by atoms with E-state index in [2.05, 4.69) is 29.5 Å². The van der Waals surface area contributed by atoms with E-state index >= 15 is 0 Å². The summed E-state index contributed by atoms with van der Waals surface area (Å²) >= 11 is 0. The number of aryl methyl sites for hydroxylation is 1. The van der Waals surface area contributed by atoms with Gasteiger partial charge in [0.15, 0.2) is 0 Å². The molecule has 0 radical (unpaired) electrons. The summed E-state index contributed by atoms with van der Waals surface area (Å²) in [6.45, 7) is 7.63. The second-order valence-corrected chi connectivity index (χ2v) is 6.35. The Morgan fingerprint density at radius 3 is 2.95 bits per heavy atom. The van der Waals surface area contributed by atoms with Gasteiger partial charge in [-0.1, -0.05) is 0 Å². The highest BCUT2D eigenvalue weighted by molar-refractivity contribution is 5.13. The largest absolute Gasteiger partial charge is 0.391 e. The molecular formula is C15H25N3O. The molecule has 2 unspecified atom stereocenters. The monoisotopic (exact) mass is 263 g/mol. The Morgan fingerprint density at radius 2 is 2.16 bits per heavy atom. The van der Waals surface area contributed by atoms with E-state index in [0.717, 1.165) is 25.9 Å². The molecule has 0 bridgehead atoms. The fraction of sp³-hybridized carbons (Fsp3) is 0.800. The third-order valence-electron chi connectivity index (χ3n) is 4.59. The smallest absolute Gasteiger partial charge is 0.109 e. The molecule has 19 heavy (non-hydrogen) atoms. The van der Waals surface area contributed by atoms with Gasteiger partial charge in [-0.2, -0.15) is 0 Å². The molecule has 0 amide bonds. The summed E-state index contributed by atoms with van der Waals surface area (Å²) in [5.41, 5.74) is 1.24. The Labute approximate surface area is 115 Å². The molecule has 4 nitrogen and oxygen atoms in total. The van der Waals surface area contributed by atoms with Crippen molar-refractivity contribution in [2.75, 3.05) is 13.1 Å². The number of hydrogen-bond acceptors (Lipinski definition) is 3. The fourth-order valence-corrected chi connectivity index (χ4v) is 3.36. The number of aromatic nitrogens is 2. The molecule has 1 fully saturated rings. The van der Waals surface area contributed by atoms with Gasteiger partial charge in [0.05, 0.1) is 11.8 Å². The van der Waals surface area contributed by atoms with Crippen molar-refractivity contribution in [3.63, 3.8) is 0 Å². The van der Waals surface area contributed by atoms with Crippen molar-refractivity contribution in [2.24, 2.45) is 0 Å². The van der Waals surface area contributed by atoms with Crippen molar-refractivity contribution in [2.45, 2.75) is 64.1 Å². The number of likely N-dealkylation sites (tertiary alicyclic amines) is 1. The molecular weight excluding hydrogens is 238 g/mol. The van der Waals surface area contributed by atoms with Gasteiger partial charge in [-0.3, -0.25) is 0 Å². The van der Waals surface area contributed by atoms with Crippen LogP contribution in [0.25, 0.3) is 0 Å². The number of aliphatic hydroxyl groups is 1. The van der Waals surface area contributed by atoms with Crippen molar-refractivity contribution in [3.8, 4) is 0 Å². The van der Waals surface area contributed by atoms with Crippen molar-refractivity contribution >= 4 is 0 Å². The summed E-state index contributed by atoms with van der Waals surface area (Å²) in [6.07, 6.45) is 6.30. The van der Waals surface area contributed by atoms with Crippen molar-refractivity contribution in [1.82, 2.24) is 14.5 Å². The quantitative estimate of drug-likeness (QED) is 0.884. The summed E-state index contributed by atoms with van der Waals surface area (Å²) in [7, 11) is 0. The average molecular weight is 263 g/mol. The standard InChI is InChI=1S/C15H25N3O/c1-11(2)17-7-3-4-12(8-17)14-10-18-9-13(19)5-6-15(18)16-14/h10-13,19H,3-9H2,1-2H3. The van der Waals surface area contributed by atoms with Gasteiger partial charge in [-0.05, 0) is 39.7 Å². The Morgan fingerprint density at radius 1 is 1.32 bits per heavy atom. The number of imidazole rings is 1. The van der Waals surface area contributed by atoms with Crippen LogP contribution in [0.4, 0.5) is 0 Å². The molecule has 3 heterocycles. The van der Waals surface area contributed by atoms with E-state index < -0.39 is 0 Å². The molecule has 0 saturated carbocycles. The molecule has 1 saturated heterocycles. The number of hydrogen-bond donors (Lipinski definition) is 1. The van der Waals surface area contributed by atoms with Crippen LogP contribution in [0.1, 0.15) is 50.5 Å². The van der Waals surface area contributed by atoms with Crippen molar-refractivity contribution < 1.29 is 5.11 Å². The lowest BCUT2D eigenvalue weighted by Crippen LogP contribution is -2.39. The third kappa shape index (κ3) is 2.70. The number of rotatable bonds is 2. The lowest BCUT2D eigenvalue weighted by atomic mass is 9.94. The molecule has 0 aliphatic carbocycles. The Kier molecular flexibility index (Phi) is 3.63. The topological polar surface area (TPSA) is 41.3 Å². The summed E-state index contributed by atoms with van der Waals surface area (Å²) in [5.74, 6) is 1.74. The van der Waals surface area contributed by atoms with Gasteiger partial charge in [0.2, 0.25) is 0 Å². The van der Waals surface area contributed by atoms with Crippen LogP contribution >= 0.6 is 0 Å². The van der Waals surface area contributed by atoms with Crippen LogP contribution in [0, 0.1) is 0 Å². The molecule has 4 heteroatoms. The molecule has 2 aliphatic rings.